The number of hydrogen-bond donors (Lipinski definition) is 2. The number of thiocarbonyl (C=S) groups is 1. The number of rotatable bonds is 5. The Morgan fingerprint density at radius 3 is 2.64 bits per heavy atom. The Bertz CT molecular complexity index is 1040. The fraction of sp³-hybridized carbons (Fsp3) is 0.294. The summed E-state index contributed by atoms with van der Waals surface area (Å²) in [4.78, 5) is 20.2. The highest BCUT2D eigenvalue weighted by Crippen LogP contribution is 2.28. The first-order chi connectivity index (χ1) is 13.4. The number of aromatic nitrogens is 2. The van der Waals surface area contributed by atoms with Crippen LogP contribution < -0.4 is 14.8 Å². The number of carbonyl (C=O) groups is 1. The number of anilines is 1. The minimum Gasteiger partial charge on any atom is -0.481 e. The van der Waals surface area contributed by atoms with Crippen molar-refractivity contribution in [3.63, 3.8) is 0 Å². The molecule has 0 radical (unpaired) electrons. The van der Waals surface area contributed by atoms with Gasteiger partial charge in [-0.2, -0.15) is 4.98 Å². The van der Waals surface area contributed by atoms with Gasteiger partial charge in [0.15, 0.2) is 5.11 Å². The molecule has 1 aliphatic carbocycles. The van der Waals surface area contributed by atoms with E-state index in [9.17, 15) is 13.2 Å². The van der Waals surface area contributed by atoms with Gasteiger partial charge in [0.25, 0.3) is 10.0 Å². The van der Waals surface area contributed by atoms with E-state index >= 15 is 0 Å². The minimum atomic E-state index is -4.13. The lowest BCUT2D eigenvalue weighted by Gasteiger charge is -2.13. The first kappa shape index (κ1) is 20.0. The summed E-state index contributed by atoms with van der Waals surface area (Å²) in [6.45, 7) is 0. The summed E-state index contributed by atoms with van der Waals surface area (Å²) in [6, 6.07) is 5.66. The summed E-state index contributed by atoms with van der Waals surface area (Å²) >= 11 is 5.09. The van der Waals surface area contributed by atoms with Gasteiger partial charge in [-0.15, -0.1) is 0 Å². The van der Waals surface area contributed by atoms with E-state index in [1.807, 2.05) is 0 Å². The van der Waals surface area contributed by atoms with E-state index in [-0.39, 0.29) is 21.5 Å². The van der Waals surface area contributed by atoms with Crippen LogP contribution in [0.3, 0.4) is 0 Å². The number of esters is 1. The molecule has 0 saturated heterocycles. The summed E-state index contributed by atoms with van der Waals surface area (Å²) in [5.74, 6) is -0.204. The van der Waals surface area contributed by atoms with E-state index in [2.05, 4.69) is 24.7 Å². The van der Waals surface area contributed by atoms with Crippen molar-refractivity contribution in [1.29, 1.82) is 0 Å². The van der Waals surface area contributed by atoms with Crippen molar-refractivity contribution in [3.8, 4) is 5.88 Å². The van der Waals surface area contributed by atoms with Gasteiger partial charge in [0, 0.05) is 5.56 Å². The molecule has 11 heteroatoms. The van der Waals surface area contributed by atoms with Crippen molar-refractivity contribution >= 4 is 39.3 Å². The molecule has 0 bridgehead atoms. The highest BCUT2D eigenvalue weighted by molar-refractivity contribution is 7.92. The van der Waals surface area contributed by atoms with Crippen LogP contribution in [0, 0.1) is 0 Å². The van der Waals surface area contributed by atoms with E-state index in [4.69, 9.17) is 17.0 Å². The number of carbonyl (C=O) groups excluding carboxylic acids is 1. The molecule has 148 valence electrons. The molecule has 0 aliphatic heterocycles. The first-order valence-electron chi connectivity index (χ1n) is 8.30. The average molecular weight is 422 g/mol. The summed E-state index contributed by atoms with van der Waals surface area (Å²) in [5, 5.41) is 2.42. The molecule has 9 nitrogen and oxygen atoms in total. The Morgan fingerprint density at radius 1 is 1.18 bits per heavy atom. The van der Waals surface area contributed by atoms with Gasteiger partial charge in [-0.3, -0.25) is 4.72 Å². The summed E-state index contributed by atoms with van der Waals surface area (Å²) in [5.41, 5.74) is 1.69. The molecule has 3 rings (SSSR count). The van der Waals surface area contributed by atoms with Crippen LogP contribution in [0.15, 0.2) is 29.2 Å². The number of sulfonamides is 1. The van der Waals surface area contributed by atoms with E-state index < -0.39 is 16.0 Å². The van der Waals surface area contributed by atoms with Gasteiger partial charge < -0.3 is 14.8 Å². The maximum Gasteiger partial charge on any atom is 0.339 e. The van der Waals surface area contributed by atoms with Crippen molar-refractivity contribution in [2.45, 2.75) is 24.2 Å². The Morgan fingerprint density at radius 2 is 1.93 bits per heavy atom. The van der Waals surface area contributed by atoms with E-state index in [1.54, 1.807) is 0 Å². The van der Waals surface area contributed by atoms with Crippen molar-refractivity contribution in [2.75, 3.05) is 19.5 Å². The van der Waals surface area contributed by atoms with E-state index in [0.717, 1.165) is 30.5 Å². The molecule has 1 aromatic heterocycles. The van der Waals surface area contributed by atoms with Gasteiger partial charge in [0.2, 0.25) is 11.8 Å². The zero-order valence-electron chi connectivity index (χ0n) is 15.2. The number of benzene rings is 1. The number of hydrogen-bond acceptors (Lipinski definition) is 8. The maximum absolute atomic E-state index is 12.7. The molecule has 2 aromatic rings. The number of ether oxygens (including phenoxy) is 2. The van der Waals surface area contributed by atoms with Gasteiger partial charge in [0.1, 0.15) is 4.90 Å². The van der Waals surface area contributed by atoms with Crippen LogP contribution in [0.2, 0.25) is 0 Å². The average Bonchev–Trinajstić information content (AvgIpc) is 3.14. The number of nitrogens with zero attached hydrogens (tertiary/aromatic N) is 2. The normalized spacial score (nSPS) is 12.8. The van der Waals surface area contributed by atoms with Gasteiger partial charge in [-0.05, 0) is 43.6 Å². The van der Waals surface area contributed by atoms with Crippen molar-refractivity contribution < 1.29 is 22.7 Å². The molecule has 0 unspecified atom stereocenters. The fourth-order valence-electron chi connectivity index (χ4n) is 2.91. The molecule has 1 heterocycles. The lowest BCUT2D eigenvalue weighted by atomic mass is 10.2. The number of aryl methyl sites for hydroxylation is 1. The van der Waals surface area contributed by atoms with Crippen LogP contribution in [-0.4, -0.2) is 43.7 Å². The third-order valence-electron chi connectivity index (χ3n) is 4.12. The quantitative estimate of drug-likeness (QED) is 0.545. The summed E-state index contributed by atoms with van der Waals surface area (Å²) in [6.07, 6.45) is 2.57. The molecule has 0 fully saturated rings. The second kappa shape index (κ2) is 8.07. The smallest absolute Gasteiger partial charge is 0.339 e. The zero-order valence-corrected chi connectivity index (χ0v) is 16.8. The van der Waals surface area contributed by atoms with Crippen LogP contribution in [0.5, 0.6) is 5.88 Å². The SMILES string of the molecule is COC(=O)c1ccccc1S(=O)(=O)NC(=S)Nc1nc2c(c(OC)n1)CCC2. The minimum absolute atomic E-state index is 0.101. The molecule has 0 spiro atoms. The number of fused-ring (bicyclic) bond motifs is 1. The first-order valence-corrected chi connectivity index (χ1v) is 10.2. The van der Waals surface area contributed by atoms with Crippen LogP contribution in [-0.2, 0) is 27.6 Å². The standard InChI is InChI=1S/C17H18N4O5S2/c1-25-14-10-7-5-8-12(10)18-16(19-14)20-17(27)21-28(23,24)13-9-4-3-6-11(13)15(22)26-2/h3-4,6,9H,5,7-8H2,1-2H3,(H2,18,19,20,21,27). The number of nitrogens with one attached hydrogen (secondary N) is 2. The summed E-state index contributed by atoms with van der Waals surface area (Å²) in [7, 11) is -1.45. The zero-order chi connectivity index (χ0) is 20.3. The van der Waals surface area contributed by atoms with Crippen LogP contribution >= 0.6 is 12.2 Å². The van der Waals surface area contributed by atoms with Crippen molar-refractivity contribution in [2.24, 2.45) is 0 Å². The van der Waals surface area contributed by atoms with Gasteiger partial charge in [-0.1, -0.05) is 12.1 Å². The van der Waals surface area contributed by atoms with Gasteiger partial charge in [0.05, 0.1) is 25.5 Å². The van der Waals surface area contributed by atoms with E-state index in [1.165, 1.54) is 38.5 Å². The lowest BCUT2D eigenvalue weighted by Crippen LogP contribution is -2.35. The third-order valence-corrected chi connectivity index (χ3v) is 5.86. The molecule has 28 heavy (non-hydrogen) atoms. The predicted molar refractivity (Wildman–Crippen MR) is 105 cm³/mol. The Labute approximate surface area is 167 Å². The van der Waals surface area contributed by atoms with Crippen LogP contribution in [0.1, 0.15) is 28.0 Å². The topological polar surface area (TPSA) is 120 Å². The van der Waals surface area contributed by atoms with Crippen LogP contribution in [0.4, 0.5) is 5.95 Å². The molecule has 1 aromatic carbocycles. The highest BCUT2D eigenvalue weighted by atomic mass is 32.2. The molecule has 0 amide bonds. The third kappa shape index (κ3) is 4.04. The lowest BCUT2D eigenvalue weighted by molar-refractivity contribution is 0.0596. The predicted octanol–water partition coefficient (Wildman–Crippen LogP) is 1.44. The van der Waals surface area contributed by atoms with Gasteiger partial charge in [-0.25, -0.2) is 18.2 Å². The fourth-order valence-corrected chi connectivity index (χ4v) is 4.43. The molecule has 2 N–H and O–H groups in total. The monoisotopic (exact) mass is 422 g/mol. The Hall–Kier alpha value is -2.79. The van der Waals surface area contributed by atoms with Crippen molar-refractivity contribution in [3.05, 3.63) is 41.1 Å². The summed E-state index contributed by atoms with van der Waals surface area (Å²) < 4.78 is 37.5. The highest BCUT2D eigenvalue weighted by Gasteiger charge is 2.25. The van der Waals surface area contributed by atoms with Gasteiger partial charge >= 0.3 is 5.97 Å². The largest absolute Gasteiger partial charge is 0.481 e. The van der Waals surface area contributed by atoms with E-state index in [0.29, 0.717) is 5.88 Å². The second-order valence-corrected chi connectivity index (χ2v) is 7.94. The van der Waals surface area contributed by atoms with Crippen molar-refractivity contribution in [1.82, 2.24) is 14.7 Å². The number of methoxy groups -OCH3 is 2. The Kier molecular flexibility index (Phi) is 5.75. The molecule has 1 aliphatic rings. The van der Waals surface area contributed by atoms with Crippen LogP contribution in [0.25, 0.3) is 0 Å². The molecule has 0 saturated carbocycles. The Balaban J connectivity index is 1.81. The maximum atomic E-state index is 12.7. The second-order valence-electron chi connectivity index (χ2n) is 5.88. The molecule has 0 atom stereocenters. The molecular weight excluding hydrogens is 404 g/mol. The molecular formula is C17H18N4O5S2.